The van der Waals surface area contributed by atoms with Gasteiger partial charge in [0.1, 0.15) is 17.5 Å². The predicted molar refractivity (Wildman–Crippen MR) is 120 cm³/mol. The number of methoxy groups -OCH3 is 1. The first-order chi connectivity index (χ1) is 15.3. The molecule has 1 N–H and O–H groups in total. The van der Waals surface area contributed by atoms with Crippen LogP contribution in [0.5, 0.6) is 0 Å². The van der Waals surface area contributed by atoms with Gasteiger partial charge >= 0.3 is 5.97 Å². The highest BCUT2D eigenvalue weighted by molar-refractivity contribution is 6.32. The van der Waals surface area contributed by atoms with E-state index < -0.39 is 17.7 Å². The van der Waals surface area contributed by atoms with E-state index in [-0.39, 0.29) is 11.3 Å². The number of nitrogens with zero attached hydrogens (tertiary/aromatic N) is 2. The Kier molecular flexibility index (Phi) is 6.76. The fourth-order valence-corrected chi connectivity index (χ4v) is 3.49. The molecule has 0 fully saturated rings. The van der Waals surface area contributed by atoms with Crippen molar-refractivity contribution in [3.05, 3.63) is 87.5 Å². The molecule has 0 saturated heterocycles. The number of benzene rings is 2. The first kappa shape index (κ1) is 22.8. The van der Waals surface area contributed by atoms with Gasteiger partial charge in [-0.3, -0.25) is 4.79 Å². The lowest BCUT2D eigenvalue weighted by molar-refractivity contribution is -0.112. The van der Waals surface area contributed by atoms with Gasteiger partial charge in [0.15, 0.2) is 0 Å². The number of rotatable bonds is 5. The number of esters is 1. The molecule has 0 saturated carbocycles. The summed E-state index contributed by atoms with van der Waals surface area (Å²) in [4.78, 5) is 24.5. The van der Waals surface area contributed by atoms with Gasteiger partial charge in [-0.05, 0) is 61.9 Å². The van der Waals surface area contributed by atoms with E-state index in [1.165, 1.54) is 31.4 Å². The summed E-state index contributed by atoms with van der Waals surface area (Å²) in [5, 5.41) is 12.3. The fourth-order valence-electron chi connectivity index (χ4n) is 3.29. The van der Waals surface area contributed by atoms with Crippen molar-refractivity contribution in [3.8, 4) is 11.8 Å². The SMILES string of the molecule is COC(=O)c1ccc(Cl)c(-n2c(C)cc(/C=C(/C#N)C(=O)Nc3ccccc3F)c2C)c1. The lowest BCUT2D eigenvalue weighted by Crippen LogP contribution is -2.14. The molecule has 0 aliphatic rings. The van der Waals surface area contributed by atoms with Crippen molar-refractivity contribution in [1.29, 1.82) is 5.26 Å². The lowest BCUT2D eigenvalue weighted by atomic mass is 10.1. The number of aryl methyl sites for hydroxylation is 1. The summed E-state index contributed by atoms with van der Waals surface area (Å²) in [6, 6.07) is 14.1. The van der Waals surface area contributed by atoms with Crippen molar-refractivity contribution < 1.29 is 18.7 Å². The molecule has 1 heterocycles. The number of hydrogen-bond acceptors (Lipinski definition) is 4. The number of carbonyl (C=O) groups excluding carboxylic acids is 2. The van der Waals surface area contributed by atoms with Crippen molar-refractivity contribution in [3.63, 3.8) is 0 Å². The third-order valence-corrected chi connectivity index (χ3v) is 5.19. The smallest absolute Gasteiger partial charge is 0.337 e. The van der Waals surface area contributed by atoms with Crippen molar-refractivity contribution in [2.45, 2.75) is 13.8 Å². The van der Waals surface area contributed by atoms with Gasteiger partial charge in [-0.1, -0.05) is 23.7 Å². The minimum Gasteiger partial charge on any atom is -0.465 e. The molecule has 0 spiro atoms. The van der Waals surface area contributed by atoms with E-state index in [9.17, 15) is 19.2 Å². The Morgan fingerprint density at radius 3 is 2.56 bits per heavy atom. The summed E-state index contributed by atoms with van der Waals surface area (Å²) >= 11 is 6.38. The molecule has 3 aromatic rings. The first-order valence-corrected chi connectivity index (χ1v) is 9.89. The maximum atomic E-state index is 13.8. The quantitative estimate of drug-likeness (QED) is 0.327. The van der Waals surface area contributed by atoms with Crippen LogP contribution in [-0.4, -0.2) is 23.6 Å². The number of anilines is 1. The summed E-state index contributed by atoms with van der Waals surface area (Å²) in [5.74, 6) is -1.83. The van der Waals surface area contributed by atoms with Crippen molar-refractivity contribution >= 4 is 35.2 Å². The van der Waals surface area contributed by atoms with Gasteiger partial charge in [-0.2, -0.15) is 5.26 Å². The van der Waals surface area contributed by atoms with Gasteiger partial charge in [0.2, 0.25) is 0 Å². The average Bonchev–Trinajstić information content (AvgIpc) is 3.06. The second kappa shape index (κ2) is 9.50. The molecule has 0 bridgehead atoms. The summed E-state index contributed by atoms with van der Waals surface area (Å²) in [7, 11) is 1.29. The third-order valence-electron chi connectivity index (χ3n) is 4.87. The summed E-state index contributed by atoms with van der Waals surface area (Å²) in [6.45, 7) is 3.63. The van der Waals surface area contributed by atoms with Crippen molar-refractivity contribution in [1.82, 2.24) is 4.57 Å². The monoisotopic (exact) mass is 451 g/mol. The molecule has 1 aromatic heterocycles. The fraction of sp³-hybridized carbons (Fsp3) is 0.125. The minimum absolute atomic E-state index is 0.0180. The Bertz CT molecular complexity index is 1290. The third kappa shape index (κ3) is 4.56. The molecular formula is C24H19ClFN3O3. The molecule has 6 nitrogen and oxygen atoms in total. The molecule has 8 heteroatoms. The summed E-state index contributed by atoms with van der Waals surface area (Å²) in [5.41, 5.74) is 2.74. The van der Waals surface area contributed by atoms with E-state index in [1.807, 2.05) is 17.6 Å². The topological polar surface area (TPSA) is 84.1 Å². The average molecular weight is 452 g/mol. The van der Waals surface area contributed by atoms with E-state index >= 15 is 0 Å². The van der Waals surface area contributed by atoms with E-state index in [1.54, 1.807) is 37.3 Å². The van der Waals surface area contributed by atoms with Gasteiger partial charge in [0.25, 0.3) is 5.91 Å². The highest BCUT2D eigenvalue weighted by Gasteiger charge is 2.17. The number of aromatic nitrogens is 1. The van der Waals surface area contributed by atoms with Gasteiger partial charge in [0, 0.05) is 11.4 Å². The van der Waals surface area contributed by atoms with Crippen LogP contribution in [0.15, 0.2) is 54.1 Å². The van der Waals surface area contributed by atoms with Crippen LogP contribution in [0.3, 0.4) is 0 Å². The minimum atomic E-state index is -0.729. The van der Waals surface area contributed by atoms with Gasteiger partial charge in [-0.25, -0.2) is 9.18 Å². The number of para-hydroxylation sites is 1. The van der Waals surface area contributed by atoms with Gasteiger partial charge in [0.05, 0.1) is 29.1 Å². The Morgan fingerprint density at radius 1 is 1.19 bits per heavy atom. The number of nitrogens with one attached hydrogen (secondary N) is 1. The standard InChI is InChI=1S/C24H19ClFN3O3/c1-14-10-17(11-18(13-27)23(30)28-21-7-5-4-6-20(21)26)15(2)29(14)22-12-16(24(31)32-3)8-9-19(22)25/h4-12H,1-3H3,(H,28,30)/b18-11-. The molecule has 32 heavy (non-hydrogen) atoms. The molecule has 162 valence electrons. The van der Waals surface area contributed by atoms with Gasteiger partial charge in [-0.15, -0.1) is 0 Å². The molecule has 0 atom stereocenters. The zero-order valence-corrected chi connectivity index (χ0v) is 18.3. The van der Waals surface area contributed by atoms with E-state index in [0.717, 1.165) is 5.69 Å². The Hall–Kier alpha value is -3.89. The van der Waals surface area contributed by atoms with Crippen molar-refractivity contribution in [2.24, 2.45) is 0 Å². The van der Waals surface area contributed by atoms with Crippen LogP contribution in [0.25, 0.3) is 11.8 Å². The number of hydrogen-bond donors (Lipinski definition) is 1. The van der Waals surface area contributed by atoms with Crippen LogP contribution in [-0.2, 0) is 9.53 Å². The maximum Gasteiger partial charge on any atom is 0.337 e. The molecule has 3 rings (SSSR count). The zero-order chi connectivity index (χ0) is 23.4. The Labute approximate surface area is 189 Å². The number of amides is 1. The largest absolute Gasteiger partial charge is 0.465 e. The highest BCUT2D eigenvalue weighted by Crippen LogP contribution is 2.29. The number of carbonyl (C=O) groups is 2. The van der Waals surface area contributed by atoms with Crippen LogP contribution >= 0.6 is 11.6 Å². The van der Waals surface area contributed by atoms with Crippen LogP contribution in [0, 0.1) is 31.0 Å². The van der Waals surface area contributed by atoms with Crippen LogP contribution in [0.1, 0.15) is 27.3 Å². The van der Waals surface area contributed by atoms with Crippen LogP contribution in [0.4, 0.5) is 10.1 Å². The molecule has 0 radical (unpaired) electrons. The summed E-state index contributed by atoms with van der Waals surface area (Å²) < 4.78 is 20.4. The van der Waals surface area contributed by atoms with Crippen LogP contribution in [0.2, 0.25) is 5.02 Å². The zero-order valence-electron chi connectivity index (χ0n) is 17.6. The molecule has 1 amide bonds. The number of halogens is 2. The second-order valence-corrected chi connectivity index (χ2v) is 7.33. The Morgan fingerprint density at radius 2 is 1.91 bits per heavy atom. The lowest BCUT2D eigenvalue weighted by Gasteiger charge is -2.13. The molecule has 0 unspecified atom stereocenters. The van der Waals surface area contributed by atoms with E-state index in [2.05, 4.69) is 5.32 Å². The predicted octanol–water partition coefficient (Wildman–Crippen LogP) is 5.22. The number of ether oxygens (including phenoxy) is 1. The van der Waals surface area contributed by atoms with E-state index in [4.69, 9.17) is 16.3 Å². The molecule has 2 aromatic carbocycles. The highest BCUT2D eigenvalue weighted by atomic mass is 35.5. The van der Waals surface area contributed by atoms with Crippen molar-refractivity contribution in [2.75, 3.05) is 12.4 Å². The van der Waals surface area contributed by atoms with Crippen LogP contribution < -0.4 is 5.32 Å². The Balaban J connectivity index is 2.01. The molecule has 0 aliphatic heterocycles. The second-order valence-electron chi connectivity index (χ2n) is 6.92. The summed E-state index contributed by atoms with van der Waals surface area (Å²) in [6.07, 6.45) is 1.42. The van der Waals surface area contributed by atoms with Gasteiger partial charge < -0.3 is 14.6 Å². The maximum absolute atomic E-state index is 13.8. The molecule has 0 aliphatic carbocycles. The van der Waals surface area contributed by atoms with E-state index in [0.29, 0.717) is 27.5 Å². The number of nitriles is 1. The first-order valence-electron chi connectivity index (χ1n) is 9.51. The molecular weight excluding hydrogens is 433 g/mol. The normalized spacial score (nSPS) is 11.1.